The van der Waals surface area contributed by atoms with Crippen molar-refractivity contribution < 1.29 is 0 Å². The highest BCUT2D eigenvalue weighted by Crippen LogP contribution is 2.38. The van der Waals surface area contributed by atoms with Gasteiger partial charge in [-0.1, -0.05) is 12.8 Å². The first kappa shape index (κ1) is 9.79. The van der Waals surface area contributed by atoms with Crippen molar-refractivity contribution in [3.8, 4) is 0 Å². The van der Waals surface area contributed by atoms with Crippen LogP contribution in [-0.4, -0.2) is 11.5 Å². The Bertz CT molecular complexity index is 324. The zero-order valence-electron chi connectivity index (χ0n) is 9.04. The highest BCUT2D eigenvalue weighted by molar-refractivity contribution is 7.09. The largest absolute Gasteiger partial charge is 0.308 e. The van der Waals surface area contributed by atoms with Gasteiger partial charge in [0.25, 0.3) is 0 Å². The standard InChI is InChI=1S/C12H18N2S/c1-2-7-13-10(6-1)12-14-11(8-15-12)9-4-3-5-9/h8-10,13H,1-7H2. The van der Waals surface area contributed by atoms with E-state index in [0.717, 1.165) is 5.92 Å². The summed E-state index contributed by atoms with van der Waals surface area (Å²) < 4.78 is 0. The monoisotopic (exact) mass is 222 g/mol. The van der Waals surface area contributed by atoms with E-state index in [9.17, 15) is 0 Å². The van der Waals surface area contributed by atoms with E-state index in [1.54, 1.807) is 0 Å². The third-order valence-electron chi connectivity index (χ3n) is 3.67. The van der Waals surface area contributed by atoms with E-state index in [4.69, 9.17) is 4.98 Å². The maximum Gasteiger partial charge on any atom is 0.110 e. The van der Waals surface area contributed by atoms with Crippen LogP contribution < -0.4 is 5.32 Å². The van der Waals surface area contributed by atoms with Crippen LogP contribution in [0, 0.1) is 0 Å². The van der Waals surface area contributed by atoms with E-state index < -0.39 is 0 Å². The number of hydrogen-bond acceptors (Lipinski definition) is 3. The van der Waals surface area contributed by atoms with Gasteiger partial charge in [0.2, 0.25) is 0 Å². The molecule has 2 nitrogen and oxygen atoms in total. The van der Waals surface area contributed by atoms with Crippen molar-refractivity contribution in [3.63, 3.8) is 0 Å². The number of nitrogens with one attached hydrogen (secondary N) is 1. The average Bonchev–Trinajstić information content (AvgIpc) is 2.66. The Morgan fingerprint density at radius 2 is 2.13 bits per heavy atom. The molecule has 0 amide bonds. The molecule has 3 rings (SSSR count). The molecule has 1 saturated heterocycles. The van der Waals surface area contributed by atoms with Crippen LogP contribution in [0.5, 0.6) is 0 Å². The van der Waals surface area contributed by atoms with Gasteiger partial charge in [-0.2, -0.15) is 0 Å². The molecule has 2 heterocycles. The Kier molecular flexibility index (Phi) is 2.76. The molecule has 0 spiro atoms. The fraction of sp³-hybridized carbons (Fsp3) is 0.750. The molecule has 0 aromatic carbocycles. The van der Waals surface area contributed by atoms with Crippen LogP contribution in [0.3, 0.4) is 0 Å². The number of hydrogen-bond donors (Lipinski definition) is 1. The Labute approximate surface area is 95.1 Å². The molecule has 82 valence electrons. The minimum Gasteiger partial charge on any atom is -0.308 e. The Balaban J connectivity index is 1.71. The molecule has 1 atom stereocenters. The topological polar surface area (TPSA) is 24.9 Å². The summed E-state index contributed by atoms with van der Waals surface area (Å²) in [5, 5.41) is 7.19. The number of thiazole rings is 1. The van der Waals surface area contributed by atoms with Gasteiger partial charge in [-0.15, -0.1) is 11.3 Å². The van der Waals surface area contributed by atoms with Gasteiger partial charge in [0.15, 0.2) is 0 Å². The molecule has 1 N–H and O–H groups in total. The molecular weight excluding hydrogens is 204 g/mol. The quantitative estimate of drug-likeness (QED) is 0.831. The third-order valence-corrected chi connectivity index (χ3v) is 4.65. The van der Waals surface area contributed by atoms with Crippen LogP contribution >= 0.6 is 11.3 Å². The second-order valence-corrected chi connectivity index (χ2v) is 5.63. The summed E-state index contributed by atoms with van der Waals surface area (Å²) in [6.45, 7) is 1.17. The number of aromatic nitrogens is 1. The predicted octanol–water partition coefficient (Wildman–Crippen LogP) is 3.23. The van der Waals surface area contributed by atoms with Crippen molar-refractivity contribution in [2.75, 3.05) is 6.54 Å². The minimum absolute atomic E-state index is 0.553. The second-order valence-electron chi connectivity index (χ2n) is 4.74. The van der Waals surface area contributed by atoms with Gasteiger partial charge in [0, 0.05) is 11.3 Å². The number of piperidine rings is 1. The van der Waals surface area contributed by atoms with Crippen LogP contribution in [0.25, 0.3) is 0 Å². The van der Waals surface area contributed by atoms with Crippen LogP contribution in [0.2, 0.25) is 0 Å². The fourth-order valence-electron chi connectivity index (χ4n) is 2.41. The van der Waals surface area contributed by atoms with Gasteiger partial charge < -0.3 is 5.32 Å². The summed E-state index contributed by atoms with van der Waals surface area (Å²) in [5.74, 6) is 0.790. The van der Waals surface area contributed by atoms with Gasteiger partial charge >= 0.3 is 0 Å². The second kappa shape index (κ2) is 4.22. The summed E-state index contributed by atoms with van der Waals surface area (Å²) in [6.07, 6.45) is 8.09. The third kappa shape index (κ3) is 1.95. The fourth-order valence-corrected chi connectivity index (χ4v) is 3.43. The molecule has 1 aromatic heterocycles. The lowest BCUT2D eigenvalue weighted by molar-refractivity contribution is 0.398. The lowest BCUT2D eigenvalue weighted by Gasteiger charge is -2.24. The maximum absolute atomic E-state index is 4.81. The van der Waals surface area contributed by atoms with Crippen LogP contribution in [0.1, 0.15) is 61.2 Å². The molecule has 1 aromatic rings. The predicted molar refractivity (Wildman–Crippen MR) is 63.3 cm³/mol. The Morgan fingerprint density at radius 3 is 2.80 bits per heavy atom. The summed E-state index contributed by atoms with van der Waals surface area (Å²) in [4.78, 5) is 4.81. The van der Waals surface area contributed by atoms with E-state index in [1.165, 1.54) is 55.8 Å². The van der Waals surface area contributed by atoms with Gasteiger partial charge in [-0.3, -0.25) is 0 Å². The minimum atomic E-state index is 0.553. The van der Waals surface area contributed by atoms with E-state index in [2.05, 4.69) is 10.7 Å². The van der Waals surface area contributed by atoms with Crippen molar-refractivity contribution >= 4 is 11.3 Å². The molecule has 1 aliphatic heterocycles. The molecule has 3 heteroatoms. The van der Waals surface area contributed by atoms with E-state index in [0.29, 0.717) is 6.04 Å². The SMILES string of the molecule is c1sc(C2CCCCN2)nc1C1CCC1. The first-order valence-corrected chi connectivity index (χ1v) is 7.00. The Hall–Kier alpha value is -0.410. The van der Waals surface area contributed by atoms with Crippen molar-refractivity contribution in [1.82, 2.24) is 10.3 Å². The average molecular weight is 222 g/mol. The number of rotatable bonds is 2. The van der Waals surface area contributed by atoms with Crippen LogP contribution in [0.15, 0.2) is 5.38 Å². The van der Waals surface area contributed by atoms with Gasteiger partial charge in [-0.05, 0) is 32.2 Å². The number of nitrogens with zero attached hydrogens (tertiary/aromatic N) is 1. The smallest absolute Gasteiger partial charge is 0.110 e. The van der Waals surface area contributed by atoms with E-state index in [-0.39, 0.29) is 0 Å². The first-order valence-electron chi connectivity index (χ1n) is 6.12. The normalized spacial score (nSPS) is 27.6. The highest BCUT2D eigenvalue weighted by atomic mass is 32.1. The molecule has 1 saturated carbocycles. The molecule has 2 aliphatic rings. The van der Waals surface area contributed by atoms with E-state index in [1.807, 2.05) is 11.3 Å². The molecule has 0 radical (unpaired) electrons. The first-order chi connectivity index (χ1) is 7.43. The van der Waals surface area contributed by atoms with Crippen molar-refractivity contribution in [1.29, 1.82) is 0 Å². The van der Waals surface area contributed by atoms with Gasteiger partial charge in [0.1, 0.15) is 5.01 Å². The highest BCUT2D eigenvalue weighted by Gasteiger charge is 2.24. The van der Waals surface area contributed by atoms with Gasteiger partial charge in [0.05, 0.1) is 11.7 Å². The molecule has 15 heavy (non-hydrogen) atoms. The lowest BCUT2D eigenvalue weighted by Crippen LogP contribution is -2.26. The van der Waals surface area contributed by atoms with E-state index >= 15 is 0 Å². The zero-order valence-corrected chi connectivity index (χ0v) is 9.85. The molecule has 1 aliphatic carbocycles. The summed E-state index contributed by atoms with van der Waals surface area (Å²) in [6, 6.07) is 0.553. The molecule has 1 unspecified atom stereocenters. The zero-order chi connectivity index (χ0) is 10.1. The van der Waals surface area contributed by atoms with Crippen LogP contribution in [0.4, 0.5) is 0 Å². The Morgan fingerprint density at radius 1 is 1.20 bits per heavy atom. The summed E-state index contributed by atoms with van der Waals surface area (Å²) in [5.41, 5.74) is 1.37. The molecule has 0 bridgehead atoms. The summed E-state index contributed by atoms with van der Waals surface area (Å²) >= 11 is 1.86. The summed E-state index contributed by atoms with van der Waals surface area (Å²) in [7, 11) is 0. The van der Waals surface area contributed by atoms with Crippen molar-refractivity contribution in [2.24, 2.45) is 0 Å². The molecular formula is C12H18N2S. The maximum atomic E-state index is 4.81. The van der Waals surface area contributed by atoms with Crippen molar-refractivity contribution in [3.05, 3.63) is 16.1 Å². The van der Waals surface area contributed by atoms with Gasteiger partial charge in [-0.25, -0.2) is 4.98 Å². The van der Waals surface area contributed by atoms with Crippen LogP contribution in [-0.2, 0) is 0 Å². The van der Waals surface area contributed by atoms with Crippen molar-refractivity contribution in [2.45, 2.75) is 50.5 Å². The molecule has 2 fully saturated rings. The lowest BCUT2D eigenvalue weighted by atomic mass is 9.83.